The molecule has 0 spiro atoms. The molecule has 0 amide bonds. The van der Waals surface area contributed by atoms with Gasteiger partial charge in [0, 0.05) is 0 Å². The molecule has 5 nitrogen and oxygen atoms in total. The first-order chi connectivity index (χ1) is 8.79. The number of anilines is 1. The van der Waals surface area contributed by atoms with E-state index in [-0.39, 0.29) is 11.4 Å². The SMILES string of the molecule is Nc1nc2c(OCC(F)F)ccc(C(F)(F)F)n2n1. The number of hydrogen-bond acceptors (Lipinski definition) is 4. The molecule has 0 aliphatic carbocycles. The Bertz CT molecular complexity index is 594. The fourth-order valence-corrected chi connectivity index (χ4v) is 1.44. The molecule has 2 heterocycles. The molecule has 104 valence electrons. The summed E-state index contributed by atoms with van der Waals surface area (Å²) in [5.74, 6) is -0.670. The summed E-state index contributed by atoms with van der Waals surface area (Å²) in [4.78, 5) is 3.52. The monoisotopic (exact) mass is 282 g/mol. The van der Waals surface area contributed by atoms with E-state index in [0.29, 0.717) is 10.6 Å². The van der Waals surface area contributed by atoms with Crippen molar-refractivity contribution in [2.75, 3.05) is 12.3 Å². The van der Waals surface area contributed by atoms with Gasteiger partial charge < -0.3 is 10.5 Å². The molecule has 2 aromatic heterocycles. The molecule has 0 aliphatic rings. The lowest BCUT2D eigenvalue weighted by atomic mass is 10.3. The van der Waals surface area contributed by atoms with E-state index in [4.69, 9.17) is 5.73 Å². The van der Waals surface area contributed by atoms with Crippen LogP contribution in [0.2, 0.25) is 0 Å². The summed E-state index contributed by atoms with van der Waals surface area (Å²) in [5, 5.41) is 3.36. The van der Waals surface area contributed by atoms with E-state index < -0.39 is 30.9 Å². The van der Waals surface area contributed by atoms with Crippen LogP contribution in [0.5, 0.6) is 5.75 Å². The fraction of sp³-hybridized carbons (Fsp3) is 0.333. The van der Waals surface area contributed by atoms with Crippen LogP contribution in [0, 0.1) is 0 Å². The number of aromatic nitrogens is 3. The summed E-state index contributed by atoms with van der Waals surface area (Å²) in [5.41, 5.74) is 3.72. The number of nitrogen functional groups attached to an aromatic ring is 1. The molecule has 2 N–H and O–H groups in total. The number of hydrogen-bond donors (Lipinski definition) is 1. The lowest BCUT2D eigenvalue weighted by Gasteiger charge is -2.11. The van der Waals surface area contributed by atoms with Crippen molar-refractivity contribution in [1.29, 1.82) is 0 Å². The third-order valence-electron chi connectivity index (χ3n) is 2.12. The first-order valence-electron chi connectivity index (χ1n) is 4.92. The Morgan fingerprint density at radius 2 is 2.00 bits per heavy atom. The second kappa shape index (κ2) is 4.52. The summed E-state index contributed by atoms with van der Waals surface area (Å²) in [6, 6.07) is 1.55. The Labute approximate surface area is 102 Å². The van der Waals surface area contributed by atoms with Crippen LogP contribution in [0.15, 0.2) is 12.1 Å². The molecular weight excluding hydrogens is 275 g/mol. The third-order valence-corrected chi connectivity index (χ3v) is 2.12. The van der Waals surface area contributed by atoms with Gasteiger partial charge in [0.1, 0.15) is 12.3 Å². The zero-order valence-corrected chi connectivity index (χ0v) is 9.16. The lowest BCUT2D eigenvalue weighted by Crippen LogP contribution is -2.14. The molecule has 19 heavy (non-hydrogen) atoms. The smallest absolute Gasteiger partial charge is 0.433 e. The third kappa shape index (κ3) is 2.66. The number of rotatable bonds is 3. The molecule has 0 aromatic carbocycles. The number of ether oxygens (including phenoxy) is 1. The Morgan fingerprint density at radius 3 is 2.58 bits per heavy atom. The Balaban J connectivity index is 2.52. The van der Waals surface area contributed by atoms with Crippen molar-refractivity contribution in [1.82, 2.24) is 14.6 Å². The minimum atomic E-state index is -4.68. The predicted octanol–water partition coefficient (Wildman–Crippen LogP) is 1.97. The minimum absolute atomic E-state index is 0.252. The average molecular weight is 282 g/mol. The van der Waals surface area contributed by atoms with Crippen LogP contribution in [-0.2, 0) is 6.18 Å². The highest BCUT2D eigenvalue weighted by Gasteiger charge is 2.35. The fourth-order valence-electron chi connectivity index (χ4n) is 1.44. The largest absolute Gasteiger partial charge is 0.484 e. The maximum absolute atomic E-state index is 12.7. The van der Waals surface area contributed by atoms with E-state index >= 15 is 0 Å². The summed E-state index contributed by atoms with van der Waals surface area (Å²) >= 11 is 0. The van der Waals surface area contributed by atoms with Crippen molar-refractivity contribution in [3.05, 3.63) is 17.8 Å². The average Bonchev–Trinajstić information content (AvgIpc) is 2.65. The van der Waals surface area contributed by atoms with Gasteiger partial charge in [-0.3, -0.25) is 0 Å². The van der Waals surface area contributed by atoms with E-state index in [1.807, 2.05) is 0 Å². The summed E-state index contributed by atoms with van der Waals surface area (Å²) in [6.07, 6.45) is -7.44. The molecule has 0 fully saturated rings. The molecule has 2 aromatic rings. The van der Waals surface area contributed by atoms with E-state index in [1.54, 1.807) is 0 Å². The van der Waals surface area contributed by atoms with E-state index in [0.717, 1.165) is 6.07 Å². The molecule has 0 saturated carbocycles. The molecule has 0 unspecified atom stereocenters. The predicted molar refractivity (Wildman–Crippen MR) is 53.9 cm³/mol. The van der Waals surface area contributed by atoms with Crippen molar-refractivity contribution in [3.63, 3.8) is 0 Å². The Morgan fingerprint density at radius 1 is 1.32 bits per heavy atom. The summed E-state index contributed by atoms with van der Waals surface area (Å²) in [6.45, 7) is -0.964. The standard InChI is InChI=1S/C9H7F5N4O/c10-6(11)3-19-4-1-2-5(9(12,13)14)18-7(4)16-8(15)17-18/h1-2,6H,3H2,(H2,15,17). The van der Waals surface area contributed by atoms with Gasteiger partial charge in [0.05, 0.1) is 0 Å². The first-order valence-corrected chi connectivity index (χ1v) is 4.92. The topological polar surface area (TPSA) is 65.4 Å². The highest BCUT2D eigenvalue weighted by molar-refractivity contribution is 5.56. The number of pyridine rings is 1. The molecule has 0 aliphatic heterocycles. The highest BCUT2D eigenvalue weighted by atomic mass is 19.4. The molecule has 10 heteroatoms. The number of fused-ring (bicyclic) bond motifs is 1. The minimum Gasteiger partial charge on any atom is -0.484 e. The van der Waals surface area contributed by atoms with E-state index in [9.17, 15) is 22.0 Å². The van der Waals surface area contributed by atoms with E-state index in [2.05, 4.69) is 14.8 Å². The van der Waals surface area contributed by atoms with Gasteiger partial charge in [0.15, 0.2) is 11.4 Å². The van der Waals surface area contributed by atoms with Crippen molar-refractivity contribution < 1.29 is 26.7 Å². The summed E-state index contributed by atoms with van der Waals surface area (Å²) < 4.78 is 67.2. The van der Waals surface area contributed by atoms with Crippen molar-refractivity contribution in [2.24, 2.45) is 0 Å². The molecule has 0 radical (unpaired) electrons. The second-order valence-corrected chi connectivity index (χ2v) is 3.49. The zero-order valence-electron chi connectivity index (χ0n) is 9.16. The Kier molecular flexibility index (Phi) is 3.16. The van der Waals surface area contributed by atoms with Crippen molar-refractivity contribution in [3.8, 4) is 5.75 Å². The molecule has 0 atom stereocenters. The number of nitrogens with zero attached hydrogens (tertiary/aromatic N) is 3. The van der Waals surface area contributed by atoms with Crippen molar-refractivity contribution in [2.45, 2.75) is 12.6 Å². The van der Waals surface area contributed by atoms with Crippen LogP contribution >= 0.6 is 0 Å². The highest BCUT2D eigenvalue weighted by Crippen LogP contribution is 2.32. The molecular formula is C9H7F5N4O. The van der Waals surface area contributed by atoms with Crippen LogP contribution in [0.25, 0.3) is 5.65 Å². The lowest BCUT2D eigenvalue weighted by molar-refractivity contribution is -0.142. The quantitative estimate of drug-likeness (QED) is 0.874. The summed E-state index contributed by atoms with van der Waals surface area (Å²) in [7, 11) is 0. The van der Waals surface area contributed by atoms with Gasteiger partial charge in [-0.1, -0.05) is 0 Å². The van der Waals surface area contributed by atoms with Gasteiger partial charge in [-0.2, -0.15) is 18.2 Å². The molecule has 0 bridgehead atoms. The number of halogens is 5. The number of nitrogens with two attached hydrogens (primary N) is 1. The van der Waals surface area contributed by atoms with Crippen LogP contribution < -0.4 is 10.5 Å². The number of alkyl halides is 5. The first kappa shape index (κ1) is 13.3. The van der Waals surface area contributed by atoms with Crippen LogP contribution in [0.4, 0.5) is 27.9 Å². The molecule has 0 saturated heterocycles. The maximum atomic E-state index is 12.7. The van der Waals surface area contributed by atoms with Gasteiger partial charge in [-0.15, -0.1) is 5.10 Å². The van der Waals surface area contributed by atoms with E-state index in [1.165, 1.54) is 0 Å². The van der Waals surface area contributed by atoms with Crippen LogP contribution in [0.1, 0.15) is 5.69 Å². The van der Waals surface area contributed by atoms with Gasteiger partial charge in [-0.05, 0) is 12.1 Å². The maximum Gasteiger partial charge on any atom is 0.433 e. The van der Waals surface area contributed by atoms with Crippen molar-refractivity contribution >= 4 is 11.6 Å². The van der Waals surface area contributed by atoms with Gasteiger partial charge >= 0.3 is 6.18 Å². The normalized spacial score (nSPS) is 12.3. The van der Waals surface area contributed by atoms with Gasteiger partial charge in [-0.25, -0.2) is 13.3 Å². The van der Waals surface area contributed by atoms with Gasteiger partial charge in [0.25, 0.3) is 6.43 Å². The van der Waals surface area contributed by atoms with Gasteiger partial charge in [0.2, 0.25) is 5.95 Å². The Hall–Kier alpha value is -2.13. The molecule has 2 rings (SSSR count). The second-order valence-electron chi connectivity index (χ2n) is 3.49. The zero-order chi connectivity index (χ0) is 14.2. The van der Waals surface area contributed by atoms with Crippen LogP contribution in [-0.4, -0.2) is 27.6 Å². The van der Waals surface area contributed by atoms with Crippen LogP contribution in [0.3, 0.4) is 0 Å².